The molecule has 1 heterocycles. The van der Waals surface area contributed by atoms with E-state index in [2.05, 4.69) is 31.7 Å². The minimum atomic E-state index is 0.319. The number of nitrogens with zero attached hydrogens (tertiary/aromatic N) is 1. The van der Waals surface area contributed by atoms with Crippen LogP contribution in [0.5, 0.6) is 0 Å². The van der Waals surface area contributed by atoms with E-state index in [1.807, 2.05) is 12.1 Å². The largest absolute Gasteiger partial charge is 0.338 e. The van der Waals surface area contributed by atoms with Crippen molar-refractivity contribution in [3.63, 3.8) is 0 Å². The molecule has 1 aromatic carbocycles. The lowest BCUT2D eigenvalue weighted by atomic mass is 10.3. The van der Waals surface area contributed by atoms with Crippen LogP contribution in [-0.2, 0) is 0 Å². The third-order valence-electron chi connectivity index (χ3n) is 2.25. The van der Waals surface area contributed by atoms with Crippen LogP contribution < -0.4 is 16.6 Å². The molecule has 2 aromatic rings. The van der Waals surface area contributed by atoms with E-state index in [0.717, 1.165) is 4.47 Å². The summed E-state index contributed by atoms with van der Waals surface area (Å²) in [5.41, 5.74) is 3.05. The van der Waals surface area contributed by atoms with Gasteiger partial charge >= 0.3 is 0 Å². The van der Waals surface area contributed by atoms with Gasteiger partial charge in [-0.2, -0.15) is 0 Å². The number of nitrogens with two attached hydrogens (primary N) is 1. The molecule has 0 spiro atoms. The molecule has 0 saturated heterocycles. The summed E-state index contributed by atoms with van der Waals surface area (Å²) in [6, 6.07) is 6.93. The predicted octanol–water partition coefficient (Wildman–Crippen LogP) is 4.83. The molecule has 0 saturated carbocycles. The fourth-order valence-corrected chi connectivity index (χ4v) is 2.36. The molecule has 0 aliphatic rings. The topological polar surface area (TPSA) is 63.0 Å². The molecule has 0 amide bonds. The molecular weight excluding hydrogens is 374 g/mol. The number of anilines is 3. The third-order valence-corrected chi connectivity index (χ3v) is 3.65. The Hall–Kier alpha value is -0.720. The van der Waals surface area contributed by atoms with Gasteiger partial charge < -0.3 is 10.7 Å². The number of benzene rings is 1. The summed E-state index contributed by atoms with van der Waals surface area (Å²) in [7, 11) is 0. The number of rotatable bonds is 3. The van der Waals surface area contributed by atoms with Crippen molar-refractivity contribution in [2.45, 2.75) is 0 Å². The molecule has 0 fully saturated rings. The van der Waals surface area contributed by atoms with Crippen molar-refractivity contribution in [2.24, 2.45) is 5.84 Å². The Morgan fingerprint density at radius 2 is 1.68 bits per heavy atom. The average molecular weight is 382 g/mol. The highest BCUT2D eigenvalue weighted by Gasteiger charge is 2.10. The zero-order valence-corrected chi connectivity index (χ0v) is 13.2. The second-order valence-corrected chi connectivity index (χ2v) is 5.68. The van der Waals surface area contributed by atoms with Gasteiger partial charge in [-0.25, -0.2) is 10.8 Å². The van der Waals surface area contributed by atoms with Crippen LogP contribution in [0.4, 0.5) is 17.3 Å². The van der Waals surface area contributed by atoms with Crippen LogP contribution in [0.2, 0.25) is 15.1 Å². The van der Waals surface area contributed by atoms with E-state index in [-0.39, 0.29) is 0 Å². The van der Waals surface area contributed by atoms with Crippen LogP contribution in [0, 0.1) is 0 Å². The molecule has 8 heteroatoms. The number of pyridine rings is 1. The minimum absolute atomic E-state index is 0.319. The molecule has 0 atom stereocenters. The minimum Gasteiger partial charge on any atom is -0.338 e. The Morgan fingerprint density at radius 3 is 2.37 bits per heavy atom. The zero-order chi connectivity index (χ0) is 14.0. The molecule has 4 N–H and O–H groups in total. The van der Waals surface area contributed by atoms with Gasteiger partial charge in [-0.1, -0.05) is 50.7 Å². The van der Waals surface area contributed by atoms with Crippen molar-refractivity contribution in [1.82, 2.24) is 4.98 Å². The summed E-state index contributed by atoms with van der Waals surface area (Å²) in [6.07, 6.45) is 0. The van der Waals surface area contributed by atoms with E-state index < -0.39 is 0 Å². The van der Waals surface area contributed by atoms with E-state index >= 15 is 0 Å². The van der Waals surface area contributed by atoms with Crippen LogP contribution in [-0.4, -0.2) is 4.98 Å². The lowest BCUT2D eigenvalue weighted by Gasteiger charge is -2.12. The standard InChI is InChI=1S/C11H8BrCl3N4/c12-5-1-2-6(13)9(3-5)17-10-7(14)4-8(15)11(18-10)19-16/h1-4H,16H2,(H2,17,18,19). The van der Waals surface area contributed by atoms with Crippen molar-refractivity contribution in [3.05, 3.63) is 43.8 Å². The second kappa shape index (κ2) is 6.15. The number of hydrogen-bond acceptors (Lipinski definition) is 4. The fourth-order valence-electron chi connectivity index (χ4n) is 1.38. The van der Waals surface area contributed by atoms with Crippen molar-refractivity contribution in [2.75, 3.05) is 10.7 Å². The maximum absolute atomic E-state index is 6.08. The fraction of sp³-hybridized carbons (Fsp3) is 0. The monoisotopic (exact) mass is 380 g/mol. The van der Waals surface area contributed by atoms with E-state index in [4.69, 9.17) is 40.6 Å². The predicted molar refractivity (Wildman–Crippen MR) is 84.5 cm³/mol. The number of nitrogens with one attached hydrogen (secondary N) is 2. The Balaban J connectivity index is 2.40. The smallest absolute Gasteiger partial charge is 0.161 e. The number of aromatic nitrogens is 1. The lowest BCUT2D eigenvalue weighted by Crippen LogP contribution is -2.10. The highest BCUT2D eigenvalue weighted by Crippen LogP contribution is 2.33. The van der Waals surface area contributed by atoms with E-state index in [1.165, 1.54) is 0 Å². The van der Waals surface area contributed by atoms with Crippen molar-refractivity contribution >= 4 is 68.1 Å². The van der Waals surface area contributed by atoms with Crippen LogP contribution in [0.1, 0.15) is 0 Å². The number of hydrogen-bond donors (Lipinski definition) is 3. The van der Waals surface area contributed by atoms with Crippen molar-refractivity contribution < 1.29 is 0 Å². The third kappa shape index (κ3) is 3.43. The van der Waals surface area contributed by atoms with E-state index in [9.17, 15) is 0 Å². The molecule has 100 valence electrons. The molecule has 19 heavy (non-hydrogen) atoms. The molecule has 1 aromatic heterocycles. The Bertz CT molecular complexity index is 621. The maximum Gasteiger partial charge on any atom is 0.161 e. The molecule has 2 rings (SSSR count). The summed E-state index contributed by atoms with van der Waals surface area (Å²) in [5, 5.41) is 4.26. The number of halogens is 4. The summed E-state index contributed by atoms with van der Waals surface area (Å²) >= 11 is 21.4. The number of nitrogen functional groups attached to an aromatic ring is 1. The van der Waals surface area contributed by atoms with Gasteiger partial charge in [0.25, 0.3) is 0 Å². The first-order valence-electron chi connectivity index (χ1n) is 5.06. The molecule has 0 unspecified atom stereocenters. The Labute approximate surface area is 133 Å². The van der Waals surface area contributed by atoms with Crippen LogP contribution >= 0.6 is 50.7 Å². The van der Waals surface area contributed by atoms with E-state index in [0.29, 0.717) is 32.4 Å². The second-order valence-electron chi connectivity index (χ2n) is 3.54. The van der Waals surface area contributed by atoms with Crippen LogP contribution in [0.15, 0.2) is 28.7 Å². The van der Waals surface area contributed by atoms with E-state index in [1.54, 1.807) is 12.1 Å². The normalized spacial score (nSPS) is 10.4. The van der Waals surface area contributed by atoms with Gasteiger partial charge in [0.1, 0.15) is 0 Å². The molecule has 0 aliphatic carbocycles. The van der Waals surface area contributed by atoms with Crippen molar-refractivity contribution in [3.8, 4) is 0 Å². The van der Waals surface area contributed by atoms with Gasteiger partial charge in [-0.3, -0.25) is 0 Å². The first-order chi connectivity index (χ1) is 9.01. The van der Waals surface area contributed by atoms with Gasteiger partial charge in [0.05, 0.1) is 20.8 Å². The summed E-state index contributed by atoms with van der Waals surface area (Å²) in [5.74, 6) is 6.04. The molecule has 0 radical (unpaired) electrons. The maximum atomic E-state index is 6.08. The Kier molecular flexibility index (Phi) is 4.76. The highest BCUT2D eigenvalue weighted by molar-refractivity contribution is 9.10. The zero-order valence-electron chi connectivity index (χ0n) is 9.35. The van der Waals surface area contributed by atoms with Gasteiger partial charge in [0, 0.05) is 4.47 Å². The highest BCUT2D eigenvalue weighted by atomic mass is 79.9. The molecule has 4 nitrogen and oxygen atoms in total. The van der Waals surface area contributed by atoms with Gasteiger partial charge in [-0.05, 0) is 24.3 Å². The molecule has 0 aliphatic heterocycles. The first kappa shape index (κ1) is 14.7. The summed E-state index contributed by atoms with van der Waals surface area (Å²) in [4.78, 5) is 4.17. The quantitative estimate of drug-likeness (QED) is 0.525. The Morgan fingerprint density at radius 1 is 1.00 bits per heavy atom. The lowest BCUT2D eigenvalue weighted by molar-refractivity contribution is 1.22. The van der Waals surface area contributed by atoms with Crippen molar-refractivity contribution in [1.29, 1.82) is 0 Å². The van der Waals surface area contributed by atoms with Gasteiger partial charge in [0.15, 0.2) is 11.6 Å². The first-order valence-corrected chi connectivity index (χ1v) is 6.98. The molecule has 0 bridgehead atoms. The SMILES string of the molecule is NNc1nc(Nc2cc(Br)ccc2Cl)c(Cl)cc1Cl. The average Bonchev–Trinajstić information content (AvgIpc) is 2.37. The van der Waals surface area contributed by atoms with Crippen LogP contribution in [0.25, 0.3) is 0 Å². The van der Waals surface area contributed by atoms with Gasteiger partial charge in [-0.15, -0.1) is 0 Å². The molecular formula is C11H8BrCl3N4. The summed E-state index contributed by atoms with van der Waals surface area (Å²) < 4.78 is 0.877. The van der Waals surface area contributed by atoms with Gasteiger partial charge in [0.2, 0.25) is 0 Å². The number of hydrazine groups is 1. The summed E-state index contributed by atoms with van der Waals surface area (Å²) in [6.45, 7) is 0. The van der Waals surface area contributed by atoms with Crippen LogP contribution in [0.3, 0.4) is 0 Å².